The van der Waals surface area contributed by atoms with Gasteiger partial charge in [0.25, 0.3) is 5.91 Å². The standard InChI is InChI=1S/C18H18N2O2S/c21-17-9-8-14-15(20(17)13-5-2-1-3-6-13)10-11-19(14)18(22)16-7-4-12-23-16/h1-7,12,14-15H,8-11H2/t14-,15-/m0/s1. The second-order valence-corrected chi connectivity index (χ2v) is 6.98. The predicted octanol–water partition coefficient (Wildman–Crippen LogP) is 3.16. The Bertz CT molecular complexity index is 714. The summed E-state index contributed by atoms with van der Waals surface area (Å²) in [5.74, 6) is 0.276. The topological polar surface area (TPSA) is 40.6 Å². The molecule has 0 aliphatic carbocycles. The quantitative estimate of drug-likeness (QED) is 0.850. The average molecular weight is 326 g/mol. The van der Waals surface area contributed by atoms with Crippen LogP contribution in [0.3, 0.4) is 0 Å². The lowest BCUT2D eigenvalue weighted by molar-refractivity contribution is -0.120. The Hall–Kier alpha value is -2.14. The van der Waals surface area contributed by atoms with Crippen molar-refractivity contribution >= 4 is 28.8 Å². The van der Waals surface area contributed by atoms with Crippen LogP contribution < -0.4 is 4.90 Å². The van der Waals surface area contributed by atoms with E-state index in [1.807, 2.05) is 57.6 Å². The van der Waals surface area contributed by atoms with Gasteiger partial charge in [0.1, 0.15) is 0 Å². The van der Waals surface area contributed by atoms with Crippen LogP contribution in [0.5, 0.6) is 0 Å². The van der Waals surface area contributed by atoms with Gasteiger partial charge in [-0.2, -0.15) is 0 Å². The number of fused-ring (bicyclic) bond motifs is 1. The highest BCUT2D eigenvalue weighted by molar-refractivity contribution is 7.12. The van der Waals surface area contributed by atoms with Crippen molar-refractivity contribution < 1.29 is 9.59 Å². The number of likely N-dealkylation sites (tertiary alicyclic amines) is 1. The molecule has 4 nitrogen and oxygen atoms in total. The zero-order chi connectivity index (χ0) is 15.8. The number of carbonyl (C=O) groups is 2. The summed E-state index contributed by atoms with van der Waals surface area (Å²) in [6, 6.07) is 13.8. The number of piperidine rings is 1. The molecule has 2 aliphatic rings. The summed E-state index contributed by atoms with van der Waals surface area (Å²) in [4.78, 5) is 29.9. The average Bonchev–Trinajstić information content (AvgIpc) is 3.24. The molecular formula is C18H18N2O2S. The van der Waals surface area contributed by atoms with Gasteiger partial charge in [-0.15, -0.1) is 11.3 Å². The van der Waals surface area contributed by atoms with Crippen LogP contribution in [0.25, 0.3) is 0 Å². The highest BCUT2D eigenvalue weighted by atomic mass is 32.1. The monoisotopic (exact) mass is 326 g/mol. The Kier molecular flexibility index (Phi) is 3.65. The number of thiophene rings is 1. The van der Waals surface area contributed by atoms with Crippen molar-refractivity contribution in [1.82, 2.24) is 4.90 Å². The summed E-state index contributed by atoms with van der Waals surface area (Å²) < 4.78 is 0. The summed E-state index contributed by atoms with van der Waals surface area (Å²) in [6.07, 6.45) is 2.12. The number of benzene rings is 1. The molecule has 3 heterocycles. The molecule has 2 saturated heterocycles. The molecule has 2 fully saturated rings. The van der Waals surface area contributed by atoms with Crippen LogP contribution in [0.4, 0.5) is 5.69 Å². The van der Waals surface area contributed by atoms with Crippen LogP contribution in [-0.2, 0) is 4.79 Å². The van der Waals surface area contributed by atoms with E-state index in [0.717, 1.165) is 30.0 Å². The van der Waals surface area contributed by atoms with Crippen LogP contribution in [0.1, 0.15) is 28.9 Å². The lowest BCUT2D eigenvalue weighted by atomic mass is 9.95. The van der Waals surface area contributed by atoms with Crippen LogP contribution in [-0.4, -0.2) is 35.3 Å². The fraction of sp³-hybridized carbons (Fsp3) is 0.333. The minimum Gasteiger partial charge on any atom is -0.333 e. The van der Waals surface area contributed by atoms with Gasteiger partial charge < -0.3 is 9.80 Å². The molecule has 2 aromatic rings. The molecule has 0 saturated carbocycles. The maximum atomic E-state index is 12.7. The molecule has 5 heteroatoms. The number of hydrogen-bond donors (Lipinski definition) is 0. The van der Waals surface area contributed by atoms with Gasteiger partial charge in [-0.25, -0.2) is 0 Å². The van der Waals surface area contributed by atoms with Crippen molar-refractivity contribution in [2.75, 3.05) is 11.4 Å². The zero-order valence-electron chi connectivity index (χ0n) is 12.7. The van der Waals surface area contributed by atoms with E-state index in [-0.39, 0.29) is 23.9 Å². The number of amides is 2. The molecule has 118 valence electrons. The fourth-order valence-electron chi connectivity index (χ4n) is 3.78. The van der Waals surface area contributed by atoms with Crippen LogP contribution in [0.15, 0.2) is 47.8 Å². The zero-order valence-corrected chi connectivity index (χ0v) is 13.5. The molecule has 1 aromatic carbocycles. The summed E-state index contributed by atoms with van der Waals surface area (Å²) in [6.45, 7) is 0.725. The highest BCUT2D eigenvalue weighted by Crippen LogP contribution is 2.35. The van der Waals surface area contributed by atoms with Crippen LogP contribution in [0, 0.1) is 0 Å². The first-order valence-corrected chi connectivity index (χ1v) is 8.85. The second-order valence-electron chi connectivity index (χ2n) is 6.04. The third-order valence-electron chi connectivity index (χ3n) is 4.79. The van der Waals surface area contributed by atoms with Gasteiger partial charge >= 0.3 is 0 Å². The number of rotatable bonds is 2. The molecule has 0 bridgehead atoms. The predicted molar refractivity (Wildman–Crippen MR) is 90.7 cm³/mol. The van der Waals surface area contributed by atoms with Gasteiger partial charge in [0, 0.05) is 18.7 Å². The first-order chi connectivity index (χ1) is 11.3. The van der Waals surface area contributed by atoms with Gasteiger partial charge in [0.2, 0.25) is 5.91 Å². The molecule has 2 aliphatic heterocycles. The lowest BCUT2D eigenvalue weighted by Crippen LogP contribution is -2.53. The molecule has 2 atom stereocenters. The Labute approximate surface area is 139 Å². The summed E-state index contributed by atoms with van der Waals surface area (Å²) >= 11 is 1.48. The van der Waals surface area contributed by atoms with E-state index >= 15 is 0 Å². The van der Waals surface area contributed by atoms with E-state index in [1.54, 1.807) is 0 Å². The number of anilines is 1. The maximum Gasteiger partial charge on any atom is 0.264 e. The first kappa shape index (κ1) is 14.5. The third kappa shape index (κ3) is 2.45. The highest BCUT2D eigenvalue weighted by Gasteiger charge is 2.45. The minimum absolute atomic E-state index is 0.0996. The molecule has 1 aromatic heterocycles. The molecule has 0 radical (unpaired) electrons. The van der Waals surface area contributed by atoms with Gasteiger partial charge in [0.15, 0.2) is 0 Å². The number of hydrogen-bond acceptors (Lipinski definition) is 3. The van der Waals surface area contributed by atoms with E-state index in [9.17, 15) is 9.59 Å². The van der Waals surface area contributed by atoms with E-state index < -0.39 is 0 Å². The van der Waals surface area contributed by atoms with Gasteiger partial charge in [-0.3, -0.25) is 9.59 Å². The van der Waals surface area contributed by atoms with Crippen LogP contribution >= 0.6 is 11.3 Å². The van der Waals surface area contributed by atoms with Crippen molar-refractivity contribution in [2.45, 2.75) is 31.3 Å². The Morgan fingerprint density at radius 1 is 1.04 bits per heavy atom. The van der Waals surface area contributed by atoms with Gasteiger partial charge in [0.05, 0.1) is 17.0 Å². The second kappa shape index (κ2) is 5.81. The van der Waals surface area contributed by atoms with Crippen molar-refractivity contribution in [3.05, 3.63) is 52.7 Å². The molecule has 0 N–H and O–H groups in total. The number of para-hydroxylation sites is 1. The summed E-state index contributed by atoms with van der Waals surface area (Å²) in [5.41, 5.74) is 0.942. The Morgan fingerprint density at radius 3 is 2.61 bits per heavy atom. The van der Waals surface area contributed by atoms with E-state index in [1.165, 1.54) is 11.3 Å². The third-order valence-corrected chi connectivity index (χ3v) is 5.65. The Balaban J connectivity index is 1.62. The van der Waals surface area contributed by atoms with Crippen molar-refractivity contribution in [2.24, 2.45) is 0 Å². The van der Waals surface area contributed by atoms with Crippen molar-refractivity contribution in [1.29, 1.82) is 0 Å². The molecule has 4 rings (SSSR count). The summed E-state index contributed by atoms with van der Waals surface area (Å²) in [5, 5.41) is 1.93. The smallest absolute Gasteiger partial charge is 0.264 e. The van der Waals surface area contributed by atoms with E-state index in [4.69, 9.17) is 0 Å². The van der Waals surface area contributed by atoms with Crippen LogP contribution in [0.2, 0.25) is 0 Å². The van der Waals surface area contributed by atoms with E-state index in [0.29, 0.717) is 6.42 Å². The fourth-order valence-corrected chi connectivity index (χ4v) is 4.46. The first-order valence-electron chi connectivity index (χ1n) is 7.97. The lowest BCUT2D eigenvalue weighted by Gasteiger charge is -2.39. The van der Waals surface area contributed by atoms with Crippen molar-refractivity contribution in [3.63, 3.8) is 0 Å². The maximum absolute atomic E-state index is 12.7. The normalized spacial score (nSPS) is 23.9. The molecule has 23 heavy (non-hydrogen) atoms. The molecular weight excluding hydrogens is 308 g/mol. The Morgan fingerprint density at radius 2 is 1.87 bits per heavy atom. The van der Waals surface area contributed by atoms with Gasteiger partial charge in [-0.1, -0.05) is 24.3 Å². The summed E-state index contributed by atoms with van der Waals surface area (Å²) in [7, 11) is 0. The molecule has 2 amide bonds. The van der Waals surface area contributed by atoms with E-state index in [2.05, 4.69) is 0 Å². The number of carbonyl (C=O) groups excluding carboxylic acids is 2. The largest absolute Gasteiger partial charge is 0.333 e. The van der Waals surface area contributed by atoms with Gasteiger partial charge in [-0.05, 0) is 36.4 Å². The minimum atomic E-state index is 0.0996. The van der Waals surface area contributed by atoms with Crippen molar-refractivity contribution in [3.8, 4) is 0 Å². The number of nitrogens with zero attached hydrogens (tertiary/aromatic N) is 2. The molecule has 0 unspecified atom stereocenters. The SMILES string of the molecule is O=C(c1cccs1)N1CC[C@H]2[C@@H]1CCC(=O)N2c1ccccc1. The molecule has 0 spiro atoms.